The Hall–Kier alpha value is -3.21. The topological polar surface area (TPSA) is 60.3 Å². The summed E-state index contributed by atoms with van der Waals surface area (Å²) in [4.78, 5) is 7.60. The van der Waals surface area contributed by atoms with Crippen molar-refractivity contribution in [3.63, 3.8) is 0 Å². The number of rotatable bonds is 4. The molecule has 0 aliphatic heterocycles. The van der Waals surface area contributed by atoms with E-state index in [-0.39, 0.29) is 0 Å². The van der Waals surface area contributed by atoms with Crippen LogP contribution in [0.4, 0.5) is 0 Å². The van der Waals surface area contributed by atoms with E-state index >= 15 is 0 Å². The van der Waals surface area contributed by atoms with Crippen LogP contribution in [0.5, 0.6) is 11.5 Å². The average molecular weight is 348 g/mol. The molecule has 0 fully saturated rings. The summed E-state index contributed by atoms with van der Waals surface area (Å²) < 4.78 is 17.0. The molecule has 0 saturated heterocycles. The van der Waals surface area contributed by atoms with Crippen molar-refractivity contribution in [3.8, 4) is 33.9 Å². The summed E-state index contributed by atoms with van der Waals surface area (Å²) in [6, 6.07) is 10.3. The Morgan fingerprint density at radius 1 is 1.00 bits per heavy atom. The molecule has 2 heterocycles. The number of methoxy groups -OCH3 is 2. The highest BCUT2D eigenvalue weighted by Gasteiger charge is 2.22. The van der Waals surface area contributed by atoms with Gasteiger partial charge in [0.05, 0.1) is 36.9 Å². The second-order valence-electron chi connectivity index (χ2n) is 6.22. The highest BCUT2D eigenvalue weighted by Crippen LogP contribution is 2.45. The number of nitrogens with zero attached hydrogens (tertiary/aromatic N) is 1. The van der Waals surface area contributed by atoms with Crippen LogP contribution in [0.2, 0.25) is 0 Å². The highest BCUT2D eigenvalue weighted by molar-refractivity contribution is 6.07. The van der Waals surface area contributed by atoms with E-state index in [9.17, 15) is 0 Å². The normalized spacial score (nSPS) is 11.1. The SMILES string of the molecule is COc1cc(OC)c2c(-c3ccc(C)cc3)c[nH]c2c1-c1cnc(C)o1. The zero-order valence-electron chi connectivity index (χ0n) is 15.2. The second kappa shape index (κ2) is 6.26. The van der Waals surface area contributed by atoms with Crippen molar-refractivity contribution in [1.82, 2.24) is 9.97 Å². The van der Waals surface area contributed by atoms with E-state index in [1.54, 1.807) is 20.4 Å². The van der Waals surface area contributed by atoms with Gasteiger partial charge in [0.1, 0.15) is 11.5 Å². The van der Waals surface area contributed by atoms with Crippen LogP contribution in [0.15, 0.2) is 47.1 Å². The molecule has 0 aliphatic carbocycles. The van der Waals surface area contributed by atoms with Crippen LogP contribution in [0, 0.1) is 13.8 Å². The van der Waals surface area contributed by atoms with Crippen molar-refractivity contribution in [1.29, 1.82) is 0 Å². The van der Waals surface area contributed by atoms with Gasteiger partial charge in [0.2, 0.25) is 0 Å². The maximum Gasteiger partial charge on any atom is 0.191 e. The third-order valence-corrected chi connectivity index (χ3v) is 4.56. The van der Waals surface area contributed by atoms with Crippen LogP contribution in [-0.2, 0) is 0 Å². The van der Waals surface area contributed by atoms with Gasteiger partial charge in [-0.1, -0.05) is 29.8 Å². The Balaban J connectivity index is 2.05. The number of ether oxygens (including phenoxy) is 2. The molecule has 4 aromatic rings. The number of oxazole rings is 1. The van der Waals surface area contributed by atoms with Gasteiger partial charge in [-0.3, -0.25) is 0 Å². The summed E-state index contributed by atoms with van der Waals surface area (Å²) in [5, 5.41) is 0.987. The molecule has 0 bridgehead atoms. The number of H-pyrrole nitrogens is 1. The van der Waals surface area contributed by atoms with Gasteiger partial charge in [-0.05, 0) is 12.5 Å². The largest absolute Gasteiger partial charge is 0.496 e. The third-order valence-electron chi connectivity index (χ3n) is 4.56. The summed E-state index contributed by atoms with van der Waals surface area (Å²) in [6.45, 7) is 3.90. The highest BCUT2D eigenvalue weighted by atomic mass is 16.5. The van der Waals surface area contributed by atoms with Crippen molar-refractivity contribution in [2.75, 3.05) is 14.2 Å². The first-order chi connectivity index (χ1) is 12.6. The Kier molecular flexibility index (Phi) is 3.92. The fraction of sp³-hybridized carbons (Fsp3) is 0.190. The first kappa shape index (κ1) is 16.3. The van der Waals surface area contributed by atoms with Gasteiger partial charge in [-0.15, -0.1) is 0 Å². The number of hydrogen-bond donors (Lipinski definition) is 1. The number of fused-ring (bicyclic) bond motifs is 1. The first-order valence-electron chi connectivity index (χ1n) is 8.38. The molecule has 132 valence electrons. The number of aromatic amines is 1. The lowest BCUT2D eigenvalue weighted by molar-refractivity contribution is 0.398. The lowest BCUT2D eigenvalue weighted by atomic mass is 10.00. The van der Waals surface area contributed by atoms with Gasteiger partial charge in [0.25, 0.3) is 0 Å². The van der Waals surface area contributed by atoms with Gasteiger partial charge in [-0.2, -0.15) is 0 Å². The lowest BCUT2D eigenvalue weighted by Gasteiger charge is -2.12. The fourth-order valence-corrected chi connectivity index (χ4v) is 3.27. The molecule has 0 atom stereocenters. The molecule has 0 spiro atoms. The zero-order chi connectivity index (χ0) is 18.3. The molecule has 0 amide bonds. The molecular formula is C21H20N2O3. The van der Waals surface area contributed by atoms with Gasteiger partial charge in [0.15, 0.2) is 11.7 Å². The van der Waals surface area contributed by atoms with E-state index in [2.05, 4.69) is 41.2 Å². The average Bonchev–Trinajstić information content (AvgIpc) is 3.27. The van der Waals surface area contributed by atoms with E-state index in [1.165, 1.54) is 5.56 Å². The molecule has 5 heteroatoms. The third kappa shape index (κ3) is 2.52. The summed E-state index contributed by atoms with van der Waals surface area (Å²) in [5.41, 5.74) is 5.14. The van der Waals surface area contributed by atoms with Gasteiger partial charge in [-0.25, -0.2) is 4.98 Å². The summed E-state index contributed by atoms with van der Waals surface area (Å²) in [6.07, 6.45) is 3.70. The van der Waals surface area contributed by atoms with E-state index in [0.29, 0.717) is 17.4 Å². The van der Waals surface area contributed by atoms with E-state index in [1.807, 2.05) is 19.2 Å². The van der Waals surface area contributed by atoms with Crippen molar-refractivity contribution in [2.24, 2.45) is 0 Å². The predicted octanol–water partition coefficient (Wildman–Crippen LogP) is 5.12. The minimum absolute atomic E-state index is 0.608. The number of aromatic nitrogens is 2. The van der Waals surface area contributed by atoms with Crippen LogP contribution < -0.4 is 9.47 Å². The van der Waals surface area contributed by atoms with Crippen LogP contribution in [0.1, 0.15) is 11.5 Å². The van der Waals surface area contributed by atoms with Crippen LogP contribution in [-0.4, -0.2) is 24.2 Å². The maximum atomic E-state index is 5.77. The maximum absolute atomic E-state index is 5.77. The Morgan fingerprint density at radius 2 is 1.73 bits per heavy atom. The van der Waals surface area contributed by atoms with E-state index < -0.39 is 0 Å². The molecule has 0 aliphatic rings. The predicted molar refractivity (Wildman–Crippen MR) is 102 cm³/mol. The van der Waals surface area contributed by atoms with E-state index in [0.717, 1.165) is 33.3 Å². The lowest BCUT2D eigenvalue weighted by Crippen LogP contribution is -1.93. The quantitative estimate of drug-likeness (QED) is 0.556. The Morgan fingerprint density at radius 3 is 2.35 bits per heavy atom. The van der Waals surface area contributed by atoms with Gasteiger partial charge in [0, 0.05) is 24.8 Å². The number of hydrogen-bond acceptors (Lipinski definition) is 4. The van der Waals surface area contributed by atoms with Crippen molar-refractivity contribution < 1.29 is 13.9 Å². The number of nitrogens with one attached hydrogen (secondary N) is 1. The summed E-state index contributed by atoms with van der Waals surface area (Å²) >= 11 is 0. The summed E-state index contributed by atoms with van der Waals surface area (Å²) in [7, 11) is 3.30. The molecular weight excluding hydrogens is 328 g/mol. The van der Waals surface area contributed by atoms with Gasteiger partial charge < -0.3 is 18.9 Å². The molecule has 5 nitrogen and oxygen atoms in total. The molecule has 26 heavy (non-hydrogen) atoms. The molecule has 2 aromatic heterocycles. The first-order valence-corrected chi connectivity index (χ1v) is 8.38. The zero-order valence-corrected chi connectivity index (χ0v) is 15.2. The van der Waals surface area contributed by atoms with Crippen LogP contribution >= 0.6 is 0 Å². The standard InChI is InChI=1S/C21H20N2O3/c1-12-5-7-14(8-6-12)15-10-23-21-19(15)16(24-3)9-17(25-4)20(21)18-11-22-13(2)26-18/h5-11,23H,1-4H3. The molecule has 0 saturated carbocycles. The van der Waals surface area contributed by atoms with E-state index in [4.69, 9.17) is 13.9 Å². The molecule has 2 aromatic carbocycles. The number of benzene rings is 2. The molecule has 4 rings (SSSR count). The van der Waals surface area contributed by atoms with Crippen molar-refractivity contribution >= 4 is 10.9 Å². The second-order valence-corrected chi connectivity index (χ2v) is 6.22. The Labute approximate surface area is 151 Å². The van der Waals surface area contributed by atoms with Crippen LogP contribution in [0.25, 0.3) is 33.4 Å². The molecule has 0 unspecified atom stereocenters. The minimum Gasteiger partial charge on any atom is -0.496 e. The van der Waals surface area contributed by atoms with Crippen molar-refractivity contribution in [3.05, 3.63) is 54.2 Å². The van der Waals surface area contributed by atoms with Gasteiger partial charge >= 0.3 is 0 Å². The summed E-state index contributed by atoms with van der Waals surface area (Å²) in [5.74, 6) is 2.68. The molecule has 0 radical (unpaired) electrons. The van der Waals surface area contributed by atoms with Crippen LogP contribution in [0.3, 0.4) is 0 Å². The number of aryl methyl sites for hydroxylation is 2. The smallest absolute Gasteiger partial charge is 0.191 e. The fourth-order valence-electron chi connectivity index (χ4n) is 3.27. The monoisotopic (exact) mass is 348 g/mol. The van der Waals surface area contributed by atoms with Crippen molar-refractivity contribution in [2.45, 2.75) is 13.8 Å². The Bertz CT molecular complexity index is 1070. The minimum atomic E-state index is 0.608. The molecule has 1 N–H and O–H groups in total.